The Bertz CT molecular complexity index is 1040. The largest absolute Gasteiger partial charge is 0.497 e. The van der Waals surface area contributed by atoms with Crippen molar-refractivity contribution < 1.29 is 23.6 Å². The van der Waals surface area contributed by atoms with Gasteiger partial charge in [-0.3, -0.25) is 9.59 Å². The van der Waals surface area contributed by atoms with Crippen LogP contribution in [0.1, 0.15) is 26.4 Å². The van der Waals surface area contributed by atoms with Crippen LogP contribution in [0.5, 0.6) is 11.5 Å². The summed E-state index contributed by atoms with van der Waals surface area (Å²) in [6.07, 6.45) is 0. The first-order chi connectivity index (χ1) is 14.5. The van der Waals surface area contributed by atoms with Gasteiger partial charge in [-0.15, -0.1) is 0 Å². The number of nitrogens with one attached hydrogen (secondary N) is 1. The predicted molar refractivity (Wildman–Crippen MR) is 111 cm³/mol. The van der Waals surface area contributed by atoms with Gasteiger partial charge in [-0.1, -0.05) is 17.3 Å². The first-order valence-electron chi connectivity index (χ1n) is 9.22. The van der Waals surface area contributed by atoms with E-state index in [0.29, 0.717) is 34.9 Å². The molecule has 2 aromatic carbocycles. The van der Waals surface area contributed by atoms with Crippen LogP contribution < -0.4 is 14.8 Å². The molecule has 0 saturated carbocycles. The number of carbonyl (C=O) groups excluding carboxylic acids is 2. The third-order valence-corrected chi connectivity index (χ3v) is 4.61. The number of benzene rings is 2. The Kier molecular flexibility index (Phi) is 6.36. The first-order valence-corrected chi connectivity index (χ1v) is 9.22. The number of hydrogen-bond acceptors (Lipinski definition) is 6. The van der Waals surface area contributed by atoms with Crippen molar-refractivity contribution in [1.29, 1.82) is 0 Å². The third-order valence-electron chi connectivity index (χ3n) is 4.61. The predicted octanol–water partition coefficient (Wildman–Crippen LogP) is 2.99. The molecule has 0 aliphatic rings. The molecule has 30 heavy (non-hydrogen) atoms. The third kappa shape index (κ3) is 4.43. The summed E-state index contributed by atoms with van der Waals surface area (Å²) in [7, 11) is 6.37. The highest BCUT2D eigenvalue weighted by Crippen LogP contribution is 2.33. The molecule has 0 aliphatic carbocycles. The summed E-state index contributed by atoms with van der Waals surface area (Å²) in [5, 5.41) is 6.49. The van der Waals surface area contributed by atoms with E-state index in [4.69, 9.17) is 14.0 Å². The van der Waals surface area contributed by atoms with E-state index in [1.54, 1.807) is 64.7 Å². The molecule has 2 amide bonds. The number of methoxy groups -OCH3 is 2. The number of nitrogens with zero attached hydrogens (tertiary/aromatic N) is 2. The van der Waals surface area contributed by atoms with E-state index < -0.39 is 0 Å². The van der Waals surface area contributed by atoms with Crippen molar-refractivity contribution >= 4 is 11.8 Å². The van der Waals surface area contributed by atoms with Crippen molar-refractivity contribution in [2.24, 2.45) is 0 Å². The number of hydrogen-bond donors (Lipinski definition) is 1. The molecule has 1 N–H and O–H groups in total. The molecule has 3 aromatic rings. The highest BCUT2D eigenvalue weighted by atomic mass is 16.5. The van der Waals surface area contributed by atoms with Gasteiger partial charge >= 0.3 is 0 Å². The van der Waals surface area contributed by atoms with Crippen LogP contribution in [-0.2, 0) is 6.54 Å². The quantitative estimate of drug-likeness (QED) is 0.645. The minimum Gasteiger partial charge on any atom is -0.497 e. The summed E-state index contributed by atoms with van der Waals surface area (Å²) in [4.78, 5) is 25.9. The maximum absolute atomic E-state index is 12.8. The molecule has 0 bridgehead atoms. The lowest BCUT2D eigenvalue weighted by Gasteiger charge is -2.15. The van der Waals surface area contributed by atoms with Crippen LogP contribution in [0.15, 0.2) is 53.1 Å². The summed E-state index contributed by atoms with van der Waals surface area (Å²) in [6, 6.07) is 13.9. The molecular weight excluding hydrogens is 386 g/mol. The second-order valence-electron chi connectivity index (χ2n) is 6.58. The van der Waals surface area contributed by atoms with Gasteiger partial charge in [0.05, 0.1) is 19.8 Å². The Labute approximate surface area is 174 Å². The summed E-state index contributed by atoms with van der Waals surface area (Å²) in [5.74, 6) is 1.16. The van der Waals surface area contributed by atoms with E-state index in [2.05, 4.69) is 10.5 Å². The summed E-state index contributed by atoms with van der Waals surface area (Å²) < 4.78 is 16.0. The molecule has 3 rings (SSSR count). The minimum absolute atomic E-state index is 0.158. The van der Waals surface area contributed by atoms with Crippen molar-refractivity contribution in [3.8, 4) is 22.8 Å². The highest BCUT2D eigenvalue weighted by molar-refractivity contribution is 5.94. The number of ether oxygens (including phenoxy) is 2. The standard InChI is InChI=1S/C22H23N3O5/c1-23-21(26)15-7-5-14(6-8-15)13-25(2)22(27)18-12-20(30-24-18)17-11-16(28-3)9-10-19(17)29-4/h5-12H,13H2,1-4H3,(H,23,26). The lowest BCUT2D eigenvalue weighted by Crippen LogP contribution is -2.26. The van der Waals surface area contributed by atoms with Crippen LogP contribution in [0.4, 0.5) is 0 Å². The van der Waals surface area contributed by atoms with Crippen LogP contribution in [0.2, 0.25) is 0 Å². The first kappa shape index (κ1) is 20.9. The molecule has 0 aliphatic heterocycles. The summed E-state index contributed by atoms with van der Waals surface area (Å²) in [5.41, 5.74) is 2.26. The Morgan fingerprint density at radius 2 is 1.80 bits per heavy atom. The molecule has 156 valence electrons. The van der Waals surface area contributed by atoms with E-state index in [1.165, 1.54) is 4.90 Å². The van der Waals surface area contributed by atoms with Crippen LogP contribution >= 0.6 is 0 Å². The van der Waals surface area contributed by atoms with Crippen molar-refractivity contribution in [3.05, 3.63) is 65.4 Å². The zero-order chi connectivity index (χ0) is 21.7. The van der Waals surface area contributed by atoms with E-state index in [1.807, 2.05) is 12.1 Å². The molecule has 1 aromatic heterocycles. The average Bonchev–Trinajstić information content (AvgIpc) is 3.28. The van der Waals surface area contributed by atoms with Gasteiger partial charge in [0.2, 0.25) is 0 Å². The van der Waals surface area contributed by atoms with Gasteiger partial charge in [0, 0.05) is 32.3 Å². The normalized spacial score (nSPS) is 10.4. The van der Waals surface area contributed by atoms with Crippen LogP contribution in [0.3, 0.4) is 0 Å². The molecule has 0 radical (unpaired) electrons. The number of rotatable bonds is 7. The molecule has 0 fully saturated rings. The average molecular weight is 409 g/mol. The second-order valence-corrected chi connectivity index (χ2v) is 6.58. The SMILES string of the molecule is CNC(=O)c1ccc(CN(C)C(=O)c2cc(-c3cc(OC)ccc3OC)on2)cc1. The van der Waals surface area contributed by atoms with Crippen molar-refractivity contribution in [3.63, 3.8) is 0 Å². The Balaban J connectivity index is 1.75. The molecule has 8 heteroatoms. The van der Waals surface area contributed by atoms with Gasteiger partial charge in [0.25, 0.3) is 11.8 Å². The summed E-state index contributed by atoms with van der Waals surface area (Å²) in [6.45, 7) is 0.359. The molecule has 0 atom stereocenters. The fourth-order valence-electron chi connectivity index (χ4n) is 2.96. The Hall–Kier alpha value is -3.81. The van der Waals surface area contributed by atoms with Gasteiger partial charge in [-0.2, -0.15) is 0 Å². The second kappa shape index (κ2) is 9.13. The maximum Gasteiger partial charge on any atom is 0.276 e. The monoisotopic (exact) mass is 409 g/mol. The number of carbonyl (C=O) groups is 2. The van der Waals surface area contributed by atoms with E-state index >= 15 is 0 Å². The molecule has 8 nitrogen and oxygen atoms in total. The highest BCUT2D eigenvalue weighted by Gasteiger charge is 2.20. The van der Waals surface area contributed by atoms with Crippen molar-refractivity contribution in [1.82, 2.24) is 15.4 Å². The smallest absolute Gasteiger partial charge is 0.276 e. The van der Waals surface area contributed by atoms with E-state index in [0.717, 1.165) is 5.56 Å². The van der Waals surface area contributed by atoms with Crippen molar-refractivity contribution in [2.45, 2.75) is 6.54 Å². The van der Waals surface area contributed by atoms with Crippen LogP contribution in [0, 0.1) is 0 Å². The van der Waals surface area contributed by atoms with Crippen LogP contribution in [-0.4, -0.2) is 50.2 Å². The topological polar surface area (TPSA) is 93.9 Å². The lowest BCUT2D eigenvalue weighted by molar-refractivity contribution is 0.0774. The number of amides is 2. The zero-order valence-corrected chi connectivity index (χ0v) is 17.3. The number of aromatic nitrogens is 1. The van der Waals surface area contributed by atoms with Crippen molar-refractivity contribution in [2.75, 3.05) is 28.3 Å². The minimum atomic E-state index is -0.290. The van der Waals surface area contributed by atoms with E-state index in [-0.39, 0.29) is 17.5 Å². The fourth-order valence-corrected chi connectivity index (χ4v) is 2.96. The Morgan fingerprint density at radius 1 is 1.07 bits per heavy atom. The fraction of sp³-hybridized carbons (Fsp3) is 0.227. The Morgan fingerprint density at radius 3 is 2.43 bits per heavy atom. The van der Waals surface area contributed by atoms with Crippen LogP contribution in [0.25, 0.3) is 11.3 Å². The molecular formula is C22H23N3O5. The van der Waals surface area contributed by atoms with Gasteiger partial charge in [0.1, 0.15) is 11.5 Å². The van der Waals surface area contributed by atoms with Gasteiger partial charge in [-0.25, -0.2) is 0 Å². The molecule has 0 unspecified atom stereocenters. The molecule has 0 spiro atoms. The van der Waals surface area contributed by atoms with Gasteiger partial charge in [-0.05, 0) is 35.9 Å². The molecule has 0 saturated heterocycles. The van der Waals surface area contributed by atoms with Gasteiger partial charge in [0.15, 0.2) is 11.5 Å². The van der Waals surface area contributed by atoms with E-state index in [9.17, 15) is 9.59 Å². The lowest BCUT2D eigenvalue weighted by atomic mass is 10.1. The maximum atomic E-state index is 12.8. The van der Waals surface area contributed by atoms with Gasteiger partial charge < -0.3 is 24.2 Å². The summed E-state index contributed by atoms with van der Waals surface area (Å²) >= 11 is 0. The molecule has 1 heterocycles. The zero-order valence-electron chi connectivity index (χ0n) is 17.3.